The molecule has 1 aliphatic heterocycles. The van der Waals surface area contributed by atoms with Crippen LogP contribution in [0.3, 0.4) is 0 Å². The second-order valence-corrected chi connectivity index (χ2v) is 3.34. The lowest BCUT2D eigenvalue weighted by Gasteiger charge is -2.22. The second kappa shape index (κ2) is 5.04. The summed E-state index contributed by atoms with van der Waals surface area (Å²) in [6.45, 7) is 4.09. The van der Waals surface area contributed by atoms with E-state index in [4.69, 9.17) is 9.47 Å². The number of H-pyrrole nitrogens is 1. The number of aromatic amines is 1. The van der Waals surface area contributed by atoms with Crippen LogP contribution in [0.15, 0.2) is 0 Å². The number of nitrogens with one attached hydrogen (secondary N) is 2. The van der Waals surface area contributed by atoms with Crippen molar-refractivity contribution in [1.82, 2.24) is 20.7 Å². The van der Waals surface area contributed by atoms with E-state index < -0.39 is 5.97 Å². The first-order valence-corrected chi connectivity index (χ1v) is 5.23. The molecule has 2 heterocycles. The van der Waals surface area contributed by atoms with E-state index in [9.17, 15) is 4.79 Å². The lowest BCUT2D eigenvalue weighted by molar-refractivity contribution is 0.0227. The van der Waals surface area contributed by atoms with Gasteiger partial charge in [0, 0.05) is 13.1 Å². The molecule has 0 saturated carbocycles. The van der Waals surface area contributed by atoms with E-state index in [0.29, 0.717) is 25.5 Å². The molecule has 1 aliphatic rings. The number of carbonyl (C=O) groups excluding carboxylic acids is 1. The van der Waals surface area contributed by atoms with E-state index in [2.05, 4.69) is 20.7 Å². The lowest BCUT2D eigenvalue weighted by Crippen LogP contribution is -2.34. The summed E-state index contributed by atoms with van der Waals surface area (Å²) in [6, 6.07) is 0. The van der Waals surface area contributed by atoms with Crippen molar-refractivity contribution in [2.75, 3.05) is 26.3 Å². The third-order valence-electron chi connectivity index (χ3n) is 2.28. The van der Waals surface area contributed by atoms with Crippen molar-refractivity contribution in [3.8, 4) is 0 Å². The van der Waals surface area contributed by atoms with Gasteiger partial charge in [0.25, 0.3) is 0 Å². The zero-order valence-corrected chi connectivity index (χ0v) is 9.02. The SMILES string of the molecule is CCOC(=O)c1n[nH]nc1C1CNCCO1. The highest BCUT2D eigenvalue weighted by molar-refractivity contribution is 5.88. The van der Waals surface area contributed by atoms with Crippen LogP contribution in [0.5, 0.6) is 0 Å². The first-order valence-electron chi connectivity index (χ1n) is 5.23. The molecule has 1 aromatic rings. The zero-order chi connectivity index (χ0) is 11.4. The van der Waals surface area contributed by atoms with E-state index in [1.807, 2.05) is 0 Å². The van der Waals surface area contributed by atoms with E-state index in [1.165, 1.54) is 0 Å². The summed E-state index contributed by atoms with van der Waals surface area (Å²) >= 11 is 0. The number of ether oxygens (including phenoxy) is 2. The van der Waals surface area contributed by atoms with Crippen LogP contribution in [-0.4, -0.2) is 47.7 Å². The molecule has 0 aliphatic carbocycles. The quantitative estimate of drug-likeness (QED) is 0.684. The van der Waals surface area contributed by atoms with E-state index >= 15 is 0 Å². The van der Waals surface area contributed by atoms with Crippen molar-refractivity contribution >= 4 is 5.97 Å². The molecule has 1 fully saturated rings. The van der Waals surface area contributed by atoms with E-state index in [1.54, 1.807) is 6.92 Å². The molecule has 0 amide bonds. The van der Waals surface area contributed by atoms with Gasteiger partial charge in [0.2, 0.25) is 0 Å². The molecular formula is C9H14N4O3. The zero-order valence-electron chi connectivity index (χ0n) is 9.02. The van der Waals surface area contributed by atoms with Crippen LogP contribution in [0, 0.1) is 0 Å². The first kappa shape index (κ1) is 11.0. The minimum absolute atomic E-state index is 0.204. The highest BCUT2D eigenvalue weighted by Gasteiger charge is 2.26. The van der Waals surface area contributed by atoms with E-state index in [0.717, 1.165) is 6.54 Å². The summed E-state index contributed by atoms with van der Waals surface area (Å²) in [4.78, 5) is 11.5. The number of hydrogen-bond acceptors (Lipinski definition) is 6. The van der Waals surface area contributed by atoms with Gasteiger partial charge in [0.05, 0.1) is 13.2 Å². The number of hydrogen-bond donors (Lipinski definition) is 2. The summed E-state index contributed by atoms with van der Waals surface area (Å²) in [5.74, 6) is -0.472. The van der Waals surface area contributed by atoms with Gasteiger partial charge in [-0.05, 0) is 6.92 Å². The fraction of sp³-hybridized carbons (Fsp3) is 0.667. The Bertz CT molecular complexity index is 359. The van der Waals surface area contributed by atoms with Gasteiger partial charge in [-0.25, -0.2) is 4.79 Å². The summed E-state index contributed by atoms with van der Waals surface area (Å²) in [5.41, 5.74) is 0.709. The molecule has 7 heteroatoms. The molecule has 2 rings (SSSR count). The van der Waals surface area contributed by atoms with Crippen LogP contribution in [0.4, 0.5) is 0 Å². The normalized spacial score (nSPS) is 20.7. The molecule has 1 unspecified atom stereocenters. The topological polar surface area (TPSA) is 89.1 Å². The second-order valence-electron chi connectivity index (χ2n) is 3.34. The average Bonchev–Trinajstić information content (AvgIpc) is 2.79. The standard InChI is InChI=1S/C9H14N4O3/c1-2-15-9(14)8-7(11-13-12-8)6-5-10-3-4-16-6/h6,10H,2-5H2,1H3,(H,11,12,13). The number of morpholine rings is 1. The maximum Gasteiger partial charge on any atom is 0.360 e. The van der Waals surface area contributed by atoms with Crippen molar-refractivity contribution in [2.24, 2.45) is 0 Å². The molecule has 0 spiro atoms. The Balaban J connectivity index is 2.14. The van der Waals surface area contributed by atoms with Gasteiger partial charge in [0.15, 0.2) is 5.69 Å². The summed E-state index contributed by atoms with van der Waals surface area (Å²) < 4.78 is 10.4. The number of rotatable bonds is 3. The molecule has 0 radical (unpaired) electrons. The molecule has 2 N–H and O–H groups in total. The minimum atomic E-state index is -0.472. The van der Waals surface area contributed by atoms with Crippen LogP contribution < -0.4 is 5.32 Å². The number of nitrogens with zero attached hydrogens (tertiary/aromatic N) is 2. The first-order chi connectivity index (χ1) is 7.83. The Morgan fingerprint density at radius 3 is 3.19 bits per heavy atom. The fourth-order valence-electron chi connectivity index (χ4n) is 1.55. The van der Waals surface area contributed by atoms with Crippen LogP contribution in [0.1, 0.15) is 29.2 Å². The van der Waals surface area contributed by atoms with Crippen molar-refractivity contribution in [1.29, 1.82) is 0 Å². The van der Waals surface area contributed by atoms with Crippen LogP contribution >= 0.6 is 0 Å². The highest BCUT2D eigenvalue weighted by Crippen LogP contribution is 2.19. The Morgan fingerprint density at radius 2 is 2.50 bits per heavy atom. The fourth-order valence-corrected chi connectivity index (χ4v) is 1.55. The van der Waals surface area contributed by atoms with Gasteiger partial charge >= 0.3 is 5.97 Å². The highest BCUT2D eigenvalue weighted by atomic mass is 16.5. The molecule has 88 valence electrons. The number of esters is 1. The number of carbonyl (C=O) groups is 1. The van der Waals surface area contributed by atoms with Gasteiger partial charge in [-0.3, -0.25) is 0 Å². The Morgan fingerprint density at radius 1 is 1.62 bits per heavy atom. The van der Waals surface area contributed by atoms with Crippen molar-refractivity contribution < 1.29 is 14.3 Å². The van der Waals surface area contributed by atoms with Gasteiger partial charge in [-0.15, -0.1) is 5.10 Å². The van der Waals surface area contributed by atoms with E-state index in [-0.39, 0.29) is 11.8 Å². The van der Waals surface area contributed by atoms with Gasteiger partial charge in [-0.2, -0.15) is 10.3 Å². The molecule has 16 heavy (non-hydrogen) atoms. The third-order valence-corrected chi connectivity index (χ3v) is 2.28. The Labute approximate surface area is 92.5 Å². The maximum atomic E-state index is 11.5. The molecule has 7 nitrogen and oxygen atoms in total. The maximum absolute atomic E-state index is 11.5. The smallest absolute Gasteiger partial charge is 0.360 e. The summed E-state index contributed by atoms with van der Waals surface area (Å²) in [6.07, 6.45) is -0.244. The summed E-state index contributed by atoms with van der Waals surface area (Å²) in [7, 11) is 0. The minimum Gasteiger partial charge on any atom is -0.461 e. The number of aromatic nitrogens is 3. The molecule has 1 atom stereocenters. The monoisotopic (exact) mass is 226 g/mol. The molecule has 0 bridgehead atoms. The predicted molar refractivity (Wildman–Crippen MR) is 53.9 cm³/mol. The summed E-state index contributed by atoms with van der Waals surface area (Å²) in [5, 5.41) is 13.3. The lowest BCUT2D eigenvalue weighted by atomic mass is 10.2. The third kappa shape index (κ3) is 2.20. The van der Waals surface area contributed by atoms with Crippen LogP contribution in [-0.2, 0) is 9.47 Å². The van der Waals surface area contributed by atoms with Crippen molar-refractivity contribution in [2.45, 2.75) is 13.0 Å². The average molecular weight is 226 g/mol. The molecule has 1 saturated heterocycles. The van der Waals surface area contributed by atoms with Gasteiger partial charge in [-0.1, -0.05) is 0 Å². The van der Waals surface area contributed by atoms with Gasteiger partial charge < -0.3 is 14.8 Å². The Kier molecular flexibility index (Phi) is 3.47. The predicted octanol–water partition coefficient (Wildman–Crippen LogP) is -0.358. The van der Waals surface area contributed by atoms with Crippen LogP contribution in [0.2, 0.25) is 0 Å². The molecule has 0 aromatic carbocycles. The van der Waals surface area contributed by atoms with Gasteiger partial charge in [0.1, 0.15) is 11.8 Å². The molecular weight excluding hydrogens is 212 g/mol. The largest absolute Gasteiger partial charge is 0.461 e. The van der Waals surface area contributed by atoms with Crippen LogP contribution in [0.25, 0.3) is 0 Å². The molecule has 1 aromatic heterocycles. The Hall–Kier alpha value is -1.47. The van der Waals surface area contributed by atoms with Crippen molar-refractivity contribution in [3.63, 3.8) is 0 Å². The van der Waals surface area contributed by atoms with Crippen molar-refractivity contribution in [3.05, 3.63) is 11.4 Å².